The first-order chi connectivity index (χ1) is 14.9. The Bertz CT molecular complexity index is 1190. The lowest BCUT2D eigenvalue weighted by molar-refractivity contribution is 0.602. The molecule has 0 amide bonds. The highest BCUT2D eigenvalue weighted by Crippen LogP contribution is 2.28. The molecule has 6 nitrogen and oxygen atoms in total. The van der Waals surface area contributed by atoms with Crippen LogP contribution in [0, 0.1) is 0 Å². The van der Waals surface area contributed by atoms with Gasteiger partial charge in [0.1, 0.15) is 0 Å². The molecule has 1 aliphatic heterocycles. The van der Waals surface area contributed by atoms with Crippen LogP contribution in [0.15, 0.2) is 52.4 Å². The molecule has 1 fully saturated rings. The predicted molar refractivity (Wildman–Crippen MR) is 133 cm³/mol. The number of aromatic nitrogens is 1. The molecule has 1 aliphatic rings. The van der Waals surface area contributed by atoms with Crippen LogP contribution in [0.3, 0.4) is 0 Å². The maximum absolute atomic E-state index is 11.7. The van der Waals surface area contributed by atoms with Crippen molar-refractivity contribution in [3.05, 3.63) is 48.0 Å². The van der Waals surface area contributed by atoms with Crippen LogP contribution in [0.2, 0.25) is 0 Å². The second-order valence-electron chi connectivity index (χ2n) is 7.62. The Morgan fingerprint density at radius 1 is 1.23 bits per heavy atom. The second-order valence-corrected chi connectivity index (χ2v) is 11.7. The summed E-state index contributed by atoms with van der Waals surface area (Å²) in [6, 6.07) is 13.9. The van der Waals surface area contributed by atoms with Gasteiger partial charge in [0.2, 0.25) is 0 Å². The first kappa shape index (κ1) is 22.1. The Kier molecular flexibility index (Phi) is 6.83. The third kappa shape index (κ3) is 5.78. The van der Waals surface area contributed by atoms with E-state index in [4.69, 9.17) is 4.99 Å². The Labute approximate surface area is 191 Å². The van der Waals surface area contributed by atoms with Crippen LogP contribution in [0.25, 0.3) is 10.2 Å². The number of nitrogens with one attached hydrogen (secondary N) is 2. The molecule has 164 valence electrons. The van der Waals surface area contributed by atoms with Gasteiger partial charge in [0, 0.05) is 24.6 Å². The van der Waals surface area contributed by atoms with Crippen LogP contribution < -0.4 is 10.6 Å². The summed E-state index contributed by atoms with van der Waals surface area (Å²) in [4.78, 5) is 9.58. The van der Waals surface area contributed by atoms with E-state index in [2.05, 4.69) is 46.8 Å². The monoisotopic (exact) mass is 474 g/mol. The minimum atomic E-state index is -3.21. The summed E-state index contributed by atoms with van der Waals surface area (Å²) in [5.41, 5.74) is 3.01. The zero-order chi connectivity index (χ0) is 21.8. The van der Waals surface area contributed by atoms with E-state index in [1.54, 1.807) is 30.0 Å². The molecule has 0 saturated carbocycles. The van der Waals surface area contributed by atoms with Crippen molar-refractivity contribution in [3.8, 4) is 0 Å². The summed E-state index contributed by atoms with van der Waals surface area (Å²) in [7, 11) is -3.21. The highest BCUT2D eigenvalue weighted by Gasteiger charge is 2.19. The van der Waals surface area contributed by atoms with Gasteiger partial charge in [-0.25, -0.2) is 18.4 Å². The fourth-order valence-corrected chi connectivity index (χ4v) is 6.07. The van der Waals surface area contributed by atoms with E-state index in [1.165, 1.54) is 36.0 Å². The van der Waals surface area contributed by atoms with Crippen molar-refractivity contribution in [1.82, 2.24) is 10.3 Å². The summed E-state index contributed by atoms with van der Waals surface area (Å²) < 4.78 is 24.3. The van der Waals surface area contributed by atoms with Crippen molar-refractivity contribution >= 4 is 59.1 Å². The summed E-state index contributed by atoms with van der Waals surface area (Å²) in [5.74, 6) is 1.10. The third-order valence-corrected chi connectivity index (χ3v) is 8.17. The van der Waals surface area contributed by atoms with E-state index in [0.717, 1.165) is 44.9 Å². The minimum absolute atomic E-state index is 0.325. The summed E-state index contributed by atoms with van der Waals surface area (Å²) in [6.07, 6.45) is 4.46. The van der Waals surface area contributed by atoms with E-state index < -0.39 is 9.84 Å². The van der Waals surface area contributed by atoms with E-state index in [0.29, 0.717) is 10.9 Å². The maximum atomic E-state index is 11.7. The molecular formula is C22H26N4O2S3. The van der Waals surface area contributed by atoms with Gasteiger partial charge in [-0.05, 0) is 48.7 Å². The van der Waals surface area contributed by atoms with Crippen LogP contribution in [0.1, 0.15) is 25.3 Å². The molecule has 0 radical (unpaired) electrons. The lowest BCUT2D eigenvalue weighted by Crippen LogP contribution is -2.26. The number of hydrogen-bond donors (Lipinski definition) is 2. The summed E-state index contributed by atoms with van der Waals surface area (Å²) in [6.45, 7) is 2.96. The first-order valence-electron chi connectivity index (χ1n) is 10.3. The molecule has 0 spiro atoms. The van der Waals surface area contributed by atoms with Crippen molar-refractivity contribution < 1.29 is 8.42 Å². The Morgan fingerprint density at radius 2 is 2.03 bits per heavy atom. The zero-order valence-corrected chi connectivity index (χ0v) is 20.0. The normalized spacial score (nSPS) is 17.9. The molecule has 1 unspecified atom stereocenters. The number of sulfone groups is 1. The number of aliphatic imine (C=N–C) groups is 1. The van der Waals surface area contributed by atoms with Gasteiger partial charge >= 0.3 is 0 Å². The van der Waals surface area contributed by atoms with Crippen LogP contribution in [0.5, 0.6) is 0 Å². The standard InChI is InChI=1S/C22H26N4O2S3/c1-3-4-17-14-29-22(25-17)24-16-7-5-15(6-8-16)11-12-23-21-26-19-10-9-18(31(2,27)28)13-20(19)30-21/h5-10,13,17H,3-4,11-12,14H2,1-2H3,(H,23,26)(H,24,25). The molecule has 3 aromatic rings. The average Bonchev–Trinajstić information content (AvgIpc) is 3.34. The molecule has 2 heterocycles. The van der Waals surface area contributed by atoms with Crippen LogP contribution >= 0.6 is 23.1 Å². The molecule has 0 aliphatic carbocycles. The second kappa shape index (κ2) is 9.58. The number of amidine groups is 1. The van der Waals surface area contributed by atoms with Crippen molar-refractivity contribution in [2.75, 3.05) is 23.9 Å². The summed E-state index contributed by atoms with van der Waals surface area (Å²) >= 11 is 3.27. The van der Waals surface area contributed by atoms with Gasteiger partial charge in [-0.3, -0.25) is 0 Å². The predicted octanol–water partition coefficient (Wildman–Crippen LogP) is 4.85. The number of nitrogens with zero attached hydrogens (tertiary/aromatic N) is 2. The highest BCUT2D eigenvalue weighted by molar-refractivity contribution is 8.14. The fraction of sp³-hybridized carbons (Fsp3) is 0.364. The van der Waals surface area contributed by atoms with Gasteiger partial charge in [-0.2, -0.15) is 0 Å². The number of benzene rings is 2. The molecule has 2 aromatic carbocycles. The molecule has 1 aromatic heterocycles. The molecule has 0 bridgehead atoms. The molecule has 2 N–H and O–H groups in total. The molecule has 1 saturated heterocycles. The minimum Gasteiger partial charge on any atom is -0.361 e. The zero-order valence-electron chi connectivity index (χ0n) is 17.6. The van der Waals surface area contributed by atoms with Crippen molar-refractivity contribution in [2.24, 2.45) is 4.99 Å². The highest BCUT2D eigenvalue weighted by atomic mass is 32.2. The van der Waals surface area contributed by atoms with Crippen LogP contribution in [0.4, 0.5) is 10.8 Å². The number of hydrogen-bond acceptors (Lipinski definition) is 7. The Hall–Kier alpha value is -2.10. The van der Waals surface area contributed by atoms with Crippen LogP contribution in [-0.2, 0) is 16.3 Å². The largest absolute Gasteiger partial charge is 0.361 e. The number of rotatable bonds is 8. The summed E-state index contributed by atoms with van der Waals surface area (Å²) in [5, 5.41) is 8.66. The van der Waals surface area contributed by atoms with Gasteiger partial charge in [0.25, 0.3) is 0 Å². The average molecular weight is 475 g/mol. The molecule has 1 atom stereocenters. The van der Waals surface area contributed by atoms with E-state index in [-0.39, 0.29) is 0 Å². The number of fused-ring (bicyclic) bond motifs is 1. The van der Waals surface area contributed by atoms with E-state index in [1.807, 2.05) is 0 Å². The number of thiazole rings is 1. The van der Waals surface area contributed by atoms with Crippen molar-refractivity contribution in [3.63, 3.8) is 0 Å². The lowest BCUT2D eigenvalue weighted by atomic mass is 10.1. The molecule has 31 heavy (non-hydrogen) atoms. The van der Waals surface area contributed by atoms with Gasteiger partial charge in [-0.1, -0.05) is 48.6 Å². The first-order valence-corrected chi connectivity index (χ1v) is 14.0. The Morgan fingerprint density at radius 3 is 2.77 bits per heavy atom. The molecular weight excluding hydrogens is 448 g/mol. The smallest absolute Gasteiger partial charge is 0.183 e. The van der Waals surface area contributed by atoms with E-state index >= 15 is 0 Å². The Balaban J connectivity index is 1.32. The van der Waals surface area contributed by atoms with Gasteiger partial charge in [0.05, 0.1) is 20.8 Å². The topological polar surface area (TPSA) is 83.5 Å². The number of thioether (sulfide) groups is 1. The quantitative estimate of drug-likeness (QED) is 0.486. The number of anilines is 1. The molecule has 4 rings (SSSR count). The third-order valence-electron chi connectivity index (χ3n) is 5.03. The van der Waals surface area contributed by atoms with Gasteiger partial charge in [-0.15, -0.1) is 0 Å². The SMILES string of the molecule is CCCC1CS/C(=N\c2ccc(CCNc3nc4ccc(S(C)(=O)=O)cc4s3)cc2)N1. The van der Waals surface area contributed by atoms with Crippen molar-refractivity contribution in [2.45, 2.75) is 37.1 Å². The van der Waals surface area contributed by atoms with Gasteiger partial charge < -0.3 is 10.6 Å². The molecule has 9 heteroatoms. The fourth-order valence-electron chi connectivity index (χ4n) is 3.39. The van der Waals surface area contributed by atoms with E-state index in [9.17, 15) is 8.42 Å². The maximum Gasteiger partial charge on any atom is 0.183 e. The van der Waals surface area contributed by atoms with Crippen LogP contribution in [-0.4, -0.2) is 43.2 Å². The van der Waals surface area contributed by atoms with Crippen molar-refractivity contribution in [1.29, 1.82) is 0 Å². The lowest BCUT2D eigenvalue weighted by Gasteiger charge is -2.07. The van der Waals surface area contributed by atoms with Gasteiger partial charge in [0.15, 0.2) is 20.1 Å².